The molecule has 0 bridgehead atoms. The van der Waals surface area contributed by atoms with Crippen LogP contribution in [0.25, 0.3) is 0 Å². The summed E-state index contributed by atoms with van der Waals surface area (Å²) < 4.78 is 0. The van der Waals surface area contributed by atoms with Crippen LogP contribution in [0.3, 0.4) is 0 Å². The number of rotatable bonds is 3. The molecule has 0 amide bonds. The molecule has 3 N–H and O–H groups in total. The summed E-state index contributed by atoms with van der Waals surface area (Å²) in [5, 5.41) is 0. The highest BCUT2D eigenvalue weighted by atomic mass is 16.1. The minimum atomic E-state index is 0. The van der Waals surface area contributed by atoms with Crippen LogP contribution in [-0.4, -0.2) is 30.8 Å². The molecule has 0 saturated carbocycles. The molecule has 0 unspecified atom stereocenters. The summed E-state index contributed by atoms with van der Waals surface area (Å²) >= 11 is 0. The van der Waals surface area contributed by atoms with Crippen LogP contribution < -0.4 is 6.15 Å². The van der Waals surface area contributed by atoms with Gasteiger partial charge in [0.25, 0.3) is 0 Å². The topological polar surface area (TPSA) is 55.3 Å². The molecule has 0 aliphatic carbocycles. The van der Waals surface area contributed by atoms with E-state index in [1.165, 1.54) is 19.5 Å². The Kier molecular flexibility index (Phi) is 4.80. The Morgan fingerprint density at radius 1 is 1.50 bits per heavy atom. The number of likely N-dealkylation sites (tertiary alicyclic amines) is 1. The maximum atomic E-state index is 9.79. The molecule has 1 aliphatic rings. The van der Waals surface area contributed by atoms with Crippen molar-refractivity contribution in [2.24, 2.45) is 0 Å². The van der Waals surface area contributed by atoms with Crippen molar-refractivity contribution in [3.05, 3.63) is 12.2 Å². The Labute approximate surface area is 62.8 Å². The van der Waals surface area contributed by atoms with Crippen molar-refractivity contribution in [2.45, 2.75) is 6.42 Å². The average molecular weight is 144 g/mol. The number of carbonyl (C=O) groups excluding carboxylic acids is 1. The lowest BCUT2D eigenvalue weighted by Crippen LogP contribution is -2.36. The zero-order valence-electron chi connectivity index (χ0n) is 6.12. The Bertz CT molecular complexity index is 124. The van der Waals surface area contributed by atoms with Crippen molar-refractivity contribution in [1.29, 1.82) is 0 Å². The van der Waals surface area contributed by atoms with E-state index in [4.69, 9.17) is 0 Å². The van der Waals surface area contributed by atoms with E-state index in [-0.39, 0.29) is 7.58 Å². The zero-order valence-corrected chi connectivity index (χ0v) is 6.12. The van der Waals surface area contributed by atoms with E-state index >= 15 is 0 Å². The first-order valence-electron chi connectivity index (χ1n) is 3.26. The molecule has 0 radical (unpaired) electrons. The monoisotopic (exact) mass is 144 g/mol. The molecule has 1 rings (SSSR count). The van der Waals surface area contributed by atoms with Gasteiger partial charge in [0, 0.05) is 7.97 Å². The summed E-state index contributed by atoms with van der Waals surface area (Å²) in [6.07, 6.45) is 5.58. The number of hydrogen-bond donors (Lipinski definition) is 1. The van der Waals surface area contributed by atoms with Crippen LogP contribution in [0.1, 0.15) is 7.85 Å². The van der Waals surface area contributed by atoms with Crippen molar-refractivity contribution in [2.75, 3.05) is 19.6 Å². The van der Waals surface area contributed by atoms with Crippen LogP contribution >= 0.6 is 0 Å². The molecule has 1 saturated heterocycles. The first-order chi connectivity index (χ1) is 4.43. The Morgan fingerprint density at radius 2 is 2.20 bits per heavy atom. The van der Waals surface area contributed by atoms with Gasteiger partial charge in [-0.1, -0.05) is 6.08 Å². The van der Waals surface area contributed by atoms with E-state index in [1.54, 1.807) is 6.08 Å². The predicted molar refractivity (Wildman–Crippen MR) is 43.4 cm³/mol. The highest BCUT2D eigenvalue weighted by Gasteiger charge is 2.10. The van der Waals surface area contributed by atoms with E-state index in [0.717, 1.165) is 12.8 Å². The normalized spacial score (nSPS) is 18.0. The van der Waals surface area contributed by atoms with Crippen LogP contribution in [0.2, 0.25) is 0 Å². The first-order valence-corrected chi connectivity index (χ1v) is 3.26. The minimum Gasteiger partial charge on any atom is -0.344 e. The molecule has 3 nitrogen and oxygen atoms in total. The molecule has 0 aromatic carbocycles. The lowest BCUT2D eigenvalue weighted by Gasteiger charge is -2.29. The van der Waals surface area contributed by atoms with Crippen molar-refractivity contribution >= 4 is 6.29 Å². The Balaban J connectivity index is 0. The minimum absolute atomic E-state index is 0. The molecular weight excluding hydrogens is 128 g/mol. The second kappa shape index (κ2) is 5.14. The van der Waals surface area contributed by atoms with Crippen LogP contribution in [0.4, 0.5) is 0 Å². The van der Waals surface area contributed by atoms with Crippen molar-refractivity contribution in [3.8, 4) is 0 Å². The standard InChI is InChI=1S/C7H11NO.H3N.H2/c9-7-2-1-4-8-5-3-6-8;;/h1-2,7H,3-6H2;1H3;1H/b2-1+;;. The fraction of sp³-hybridized carbons (Fsp3) is 0.571. The predicted octanol–water partition coefficient (Wildman–Crippen LogP) is 0.855. The van der Waals surface area contributed by atoms with Gasteiger partial charge in [-0.3, -0.25) is 9.69 Å². The molecule has 1 aliphatic heterocycles. The molecule has 1 heterocycles. The molecular formula is C7H16N2O. The van der Waals surface area contributed by atoms with E-state index in [2.05, 4.69) is 4.90 Å². The zero-order chi connectivity index (χ0) is 6.53. The van der Waals surface area contributed by atoms with Gasteiger partial charge in [0.2, 0.25) is 0 Å². The van der Waals surface area contributed by atoms with E-state index < -0.39 is 0 Å². The van der Waals surface area contributed by atoms with Gasteiger partial charge in [-0.25, -0.2) is 0 Å². The second-order valence-corrected chi connectivity index (χ2v) is 2.22. The third-order valence-electron chi connectivity index (χ3n) is 1.53. The van der Waals surface area contributed by atoms with E-state index in [0.29, 0.717) is 0 Å². The van der Waals surface area contributed by atoms with Crippen molar-refractivity contribution < 1.29 is 6.22 Å². The summed E-state index contributed by atoms with van der Waals surface area (Å²) in [6.45, 7) is 3.34. The summed E-state index contributed by atoms with van der Waals surface area (Å²) in [5.74, 6) is 0. The lowest BCUT2D eigenvalue weighted by atomic mass is 10.2. The number of hydrogen-bond acceptors (Lipinski definition) is 3. The van der Waals surface area contributed by atoms with Gasteiger partial charge in [-0.15, -0.1) is 0 Å². The van der Waals surface area contributed by atoms with Crippen molar-refractivity contribution in [3.63, 3.8) is 0 Å². The van der Waals surface area contributed by atoms with Gasteiger partial charge < -0.3 is 6.15 Å². The molecule has 0 atom stereocenters. The quantitative estimate of drug-likeness (QED) is 0.472. The summed E-state index contributed by atoms with van der Waals surface area (Å²) in [4.78, 5) is 12.1. The largest absolute Gasteiger partial charge is 0.344 e. The number of allylic oxidation sites excluding steroid dienone is 1. The molecule has 60 valence electrons. The maximum absolute atomic E-state index is 9.79. The lowest BCUT2D eigenvalue weighted by molar-refractivity contribution is -0.104. The van der Waals surface area contributed by atoms with Gasteiger partial charge in [-0.05, 0) is 25.6 Å². The molecule has 1 fully saturated rings. The van der Waals surface area contributed by atoms with Crippen LogP contribution in [0.5, 0.6) is 0 Å². The summed E-state index contributed by atoms with van der Waals surface area (Å²) in [7, 11) is 0. The van der Waals surface area contributed by atoms with Gasteiger partial charge in [0.1, 0.15) is 6.29 Å². The fourth-order valence-electron chi connectivity index (χ4n) is 0.830. The number of aldehydes is 1. The van der Waals surface area contributed by atoms with Crippen molar-refractivity contribution in [1.82, 2.24) is 11.1 Å². The molecule has 3 heteroatoms. The third kappa shape index (κ3) is 2.75. The van der Waals surface area contributed by atoms with Gasteiger partial charge in [-0.2, -0.15) is 0 Å². The maximum Gasteiger partial charge on any atom is 0.142 e. The molecule has 0 aromatic heterocycles. The highest BCUT2D eigenvalue weighted by Crippen LogP contribution is 2.03. The Hall–Kier alpha value is -0.670. The molecule has 10 heavy (non-hydrogen) atoms. The molecule has 0 spiro atoms. The second-order valence-electron chi connectivity index (χ2n) is 2.22. The number of carbonyl (C=O) groups is 1. The number of nitrogens with zero attached hydrogens (tertiary/aromatic N) is 1. The fourth-order valence-corrected chi connectivity index (χ4v) is 0.830. The summed E-state index contributed by atoms with van der Waals surface area (Å²) in [6, 6.07) is 0. The van der Waals surface area contributed by atoms with Gasteiger partial charge in [0.15, 0.2) is 0 Å². The van der Waals surface area contributed by atoms with Crippen LogP contribution in [0, 0.1) is 0 Å². The third-order valence-corrected chi connectivity index (χ3v) is 1.53. The van der Waals surface area contributed by atoms with Crippen LogP contribution in [0.15, 0.2) is 12.2 Å². The van der Waals surface area contributed by atoms with E-state index in [9.17, 15) is 4.79 Å². The van der Waals surface area contributed by atoms with Crippen LogP contribution in [-0.2, 0) is 4.79 Å². The van der Waals surface area contributed by atoms with Gasteiger partial charge in [0.05, 0.1) is 0 Å². The molecule has 0 aromatic rings. The van der Waals surface area contributed by atoms with E-state index in [1.807, 2.05) is 6.08 Å². The SMILES string of the molecule is N.O=C/C=C/CN1CCC1.[HH]. The average Bonchev–Trinajstić information content (AvgIpc) is 1.76. The summed E-state index contributed by atoms with van der Waals surface area (Å²) in [5.41, 5.74) is 0. The Morgan fingerprint density at radius 3 is 2.60 bits per heavy atom. The smallest absolute Gasteiger partial charge is 0.142 e. The first kappa shape index (κ1) is 9.33. The highest BCUT2D eigenvalue weighted by molar-refractivity contribution is 5.64. The van der Waals surface area contributed by atoms with Gasteiger partial charge >= 0.3 is 0 Å².